The van der Waals surface area contributed by atoms with E-state index in [1.54, 1.807) is 18.4 Å². The first kappa shape index (κ1) is 15.6. The van der Waals surface area contributed by atoms with Crippen LogP contribution in [-0.4, -0.2) is 38.2 Å². The second-order valence-corrected chi connectivity index (χ2v) is 4.65. The molecule has 0 radical (unpaired) electrons. The minimum absolute atomic E-state index is 0.146. The average molecular weight is 286 g/mol. The van der Waals surface area contributed by atoms with Gasteiger partial charge in [-0.1, -0.05) is 0 Å². The summed E-state index contributed by atoms with van der Waals surface area (Å²) in [6.07, 6.45) is -0.182. The van der Waals surface area contributed by atoms with Crippen molar-refractivity contribution in [3.8, 4) is 0 Å². The molecule has 1 aromatic heterocycles. The molecule has 0 aliphatic carbocycles. The quantitative estimate of drug-likeness (QED) is 0.736. The Balaban J connectivity index is 2.64. The van der Waals surface area contributed by atoms with Gasteiger partial charge < -0.3 is 20.5 Å². The third kappa shape index (κ3) is 4.62. The second-order valence-electron chi connectivity index (χ2n) is 3.73. The van der Waals surface area contributed by atoms with Crippen LogP contribution in [0.4, 0.5) is 5.00 Å². The van der Waals surface area contributed by atoms with E-state index in [2.05, 4.69) is 5.32 Å². The van der Waals surface area contributed by atoms with Crippen LogP contribution in [0.3, 0.4) is 0 Å². The molecule has 19 heavy (non-hydrogen) atoms. The summed E-state index contributed by atoms with van der Waals surface area (Å²) in [6.45, 7) is 2.28. The molecule has 0 aliphatic heterocycles. The Bertz CT molecular complexity index is 429. The standard InChI is InChI=1S/C12H18N2O4S/c1-3-18-12(16)9-4-5-19-11(9)14-10(15)6-8(7-13)17-2/h4-5,8H,3,6-7,13H2,1-2H3,(H,14,15). The normalized spacial score (nSPS) is 11.9. The van der Waals surface area contributed by atoms with Crippen LogP contribution in [0.25, 0.3) is 0 Å². The number of carbonyl (C=O) groups excluding carboxylic acids is 2. The Labute approximate surface area is 115 Å². The van der Waals surface area contributed by atoms with E-state index in [-0.39, 0.29) is 25.0 Å². The molecule has 1 heterocycles. The van der Waals surface area contributed by atoms with Gasteiger partial charge in [-0.3, -0.25) is 4.79 Å². The fourth-order valence-electron chi connectivity index (χ4n) is 1.42. The third-order valence-electron chi connectivity index (χ3n) is 2.42. The van der Waals surface area contributed by atoms with Gasteiger partial charge in [0, 0.05) is 13.7 Å². The van der Waals surface area contributed by atoms with E-state index < -0.39 is 5.97 Å². The van der Waals surface area contributed by atoms with Crippen LogP contribution in [0.5, 0.6) is 0 Å². The number of methoxy groups -OCH3 is 1. The number of hydrogen-bond donors (Lipinski definition) is 2. The van der Waals surface area contributed by atoms with Crippen molar-refractivity contribution < 1.29 is 19.1 Å². The molecule has 0 spiro atoms. The van der Waals surface area contributed by atoms with Gasteiger partial charge in [-0.05, 0) is 18.4 Å². The molecule has 7 heteroatoms. The minimum atomic E-state index is -0.443. The number of hydrogen-bond acceptors (Lipinski definition) is 6. The topological polar surface area (TPSA) is 90.7 Å². The summed E-state index contributed by atoms with van der Waals surface area (Å²) in [6, 6.07) is 1.62. The van der Waals surface area contributed by atoms with Crippen LogP contribution in [0.1, 0.15) is 23.7 Å². The molecule has 106 valence electrons. The van der Waals surface area contributed by atoms with E-state index in [1.807, 2.05) is 0 Å². The van der Waals surface area contributed by atoms with Crippen molar-refractivity contribution >= 4 is 28.2 Å². The lowest BCUT2D eigenvalue weighted by Crippen LogP contribution is -2.28. The maximum absolute atomic E-state index is 11.8. The van der Waals surface area contributed by atoms with Gasteiger partial charge in [0.15, 0.2) is 0 Å². The van der Waals surface area contributed by atoms with Crippen molar-refractivity contribution in [2.24, 2.45) is 5.73 Å². The van der Waals surface area contributed by atoms with E-state index in [0.29, 0.717) is 17.2 Å². The largest absolute Gasteiger partial charge is 0.462 e. The summed E-state index contributed by atoms with van der Waals surface area (Å²) < 4.78 is 9.94. The highest BCUT2D eigenvalue weighted by Gasteiger charge is 2.17. The maximum Gasteiger partial charge on any atom is 0.341 e. The molecule has 0 saturated heterocycles. The third-order valence-corrected chi connectivity index (χ3v) is 3.25. The molecule has 1 amide bonds. The van der Waals surface area contributed by atoms with Gasteiger partial charge >= 0.3 is 5.97 Å². The number of ether oxygens (including phenoxy) is 2. The lowest BCUT2D eigenvalue weighted by molar-refractivity contribution is -0.118. The number of nitrogens with one attached hydrogen (secondary N) is 1. The van der Waals surface area contributed by atoms with Crippen LogP contribution in [0.2, 0.25) is 0 Å². The van der Waals surface area contributed by atoms with Crippen molar-refractivity contribution in [2.45, 2.75) is 19.4 Å². The van der Waals surface area contributed by atoms with Gasteiger partial charge in [-0.25, -0.2) is 4.79 Å². The van der Waals surface area contributed by atoms with E-state index in [4.69, 9.17) is 15.2 Å². The number of thiophene rings is 1. The lowest BCUT2D eigenvalue weighted by atomic mass is 10.2. The summed E-state index contributed by atoms with van der Waals surface area (Å²) in [5, 5.41) is 4.87. The molecular weight excluding hydrogens is 268 g/mol. The molecule has 0 aliphatic rings. The molecule has 0 fully saturated rings. The maximum atomic E-state index is 11.8. The summed E-state index contributed by atoms with van der Waals surface area (Å²) >= 11 is 1.27. The summed E-state index contributed by atoms with van der Waals surface area (Å²) in [5.74, 6) is -0.688. The van der Waals surface area contributed by atoms with Gasteiger partial charge in [-0.2, -0.15) is 0 Å². The van der Waals surface area contributed by atoms with Crippen LogP contribution in [-0.2, 0) is 14.3 Å². The molecule has 0 aromatic carbocycles. The molecular formula is C12H18N2O4S. The van der Waals surface area contributed by atoms with Gasteiger partial charge in [0.05, 0.1) is 24.7 Å². The monoisotopic (exact) mass is 286 g/mol. The highest BCUT2D eigenvalue weighted by atomic mass is 32.1. The van der Waals surface area contributed by atoms with E-state index in [9.17, 15) is 9.59 Å². The van der Waals surface area contributed by atoms with Gasteiger partial charge in [0.25, 0.3) is 0 Å². The molecule has 6 nitrogen and oxygen atoms in total. The number of anilines is 1. The van der Waals surface area contributed by atoms with Gasteiger partial charge in [-0.15, -0.1) is 11.3 Å². The SMILES string of the molecule is CCOC(=O)c1ccsc1NC(=O)CC(CN)OC. The number of esters is 1. The fraction of sp³-hybridized carbons (Fsp3) is 0.500. The highest BCUT2D eigenvalue weighted by Crippen LogP contribution is 2.24. The zero-order valence-electron chi connectivity index (χ0n) is 11.0. The molecule has 0 saturated carbocycles. The Morgan fingerprint density at radius 3 is 2.84 bits per heavy atom. The molecule has 1 rings (SSSR count). The van der Waals surface area contributed by atoms with Gasteiger partial charge in [0.1, 0.15) is 5.00 Å². The predicted molar refractivity (Wildman–Crippen MR) is 73.4 cm³/mol. The second kappa shape index (κ2) is 7.88. The fourth-order valence-corrected chi connectivity index (χ4v) is 2.21. The molecule has 1 aromatic rings. The van der Waals surface area contributed by atoms with Crippen molar-refractivity contribution in [1.82, 2.24) is 0 Å². The Hall–Kier alpha value is -1.44. The zero-order valence-corrected chi connectivity index (χ0v) is 11.8. The smallest absolute Gasteiger partial charge is 0.341 e. The first-order valence-corrected chi connectivity index (χ1v) is 6.77. The summed E-state index contributed by atoms with van der Waals surface area (Å²) in [7, 11) is 1.50. The van der Waals surface area contributed by atoms with Crippen LogP contribution in [0, 0.1) is 0 Å². The van der Waals surface area contributed by atoms with Crippen LogP contribution >= 0.6 is 11.3 Å². The highest BCUT2D eigenvalue weighted by molar-refractivity contribution is 7.14. The molecule has 0 bridgehead atoms. The Kier molecular flexibility index (Phi) is 6.48. The van der Waals surface area contributed by atoms with Gasteiger partial charge in [0.2, 0.25) is 5.91 Å². The molecule has 1 atom stereocenters. The summed E-state index contributed by atoms with van der Waals surface area (Å²) in [4.78, 5) is 23.4. The van der Waals surface area contributed by atoms with Crippen molar-refractivity contribution in [3.05, 3.63) is 17.0 Å². The predicted octanol–water partition coefficient (Wildman–Crippen LogP) is 1.23. The molecule has 1 unspecified atom stereocenters. The van der Waals surface area contributed by atoms with Crippen molar-refractivity contribution in [3.63, 3.8) is 0 Å². The van der Waals surface area contributed by atoms with E-state index >= 15 is 0 Å². The Morgan fingerprint density at radius 2 is 2.26 bits per heavy atom. The average Bonchev–Trinajstić information content (AvgIpc) is 2.84. The van der Waals surface area contributed by atoms with Crippen molar-refractivity contribution in [2.75, 3.05) is 25.6 Å². The van der Waals surface area contributed by atoms with Crippen molar-refractivity contribution in [1.29, 1.82) is 0 Å². The number of carbonyl (C=O) groups is 2. The minimum Gasteiger partial charge on any atom is -0.462 e. The van der Waals surface area contributed by atoms with Crippen LogP contribution < -0.4 is 11.1 Å². The van der Waals surface area contributed by atoms with Crippen LogP contribution in [0.15, 0.2) is 11.4 Å². The first-order valence-electron chi connectivity index (χ1n) is 5.89. The number of nitrogens with two attached hydrogens (primary N) is 1. The zero-order chi connectivity index (χ0) is 14.3. The molecule has 3 N–H and O–H groups in total. The van der Waals surface area contributed by atoms with E-state index in [1.165, 1.54) is 18.4 Å². The lowest BCUT2D eigenvalue weighted by Gasteiger charge is -2.12. The number of rotatable bonds is 7. The van der Waals surface area contributed by atoms with E-state index in [0.717, 1.165) is 0 Å². The Morgan fingerprint density at radius 1 is 1.53 bits per heavy atom. The number of amides is 1. The first-order chi connectivity index (χ1) is 9.12. The summed E-state index contributed by atoms with van der Waals surface area (Å²) in [5.41, 5.74) is 5.81.